The zero-order chi connectivity index (χ0) is 32.0. The van der Waals surface area contributed by atoms with E-state index in [2.05, 4.69) is 15.3 Å². The van der Waals surface area contributed by atoms with Crippen molar-refractivity contribution in [2.24, 2.45) is 0 Å². The monoisotopic (exact) mass is 642 g/mol. The van der Waals surface area contributed by atoms with Gasteiger partial charge >= 0.3 is 12.4 Å². The van der Waals surface area contributed by atoms with Crippen molar-refractivity contribution in [3.8, 4) is 5.75 Å². The Hall–Kier alpha value is -3.72. The van der Waals surface area contributed by atoms with Crippen LogP contribution in [0.25, 0.3) is 0 Å². The molecule has 0 spiro atoms. The Morgan fingerprint density at radius 3 is 2.00 bits per heavy atom. The van der Waals surface area contributed by atoms with E-state index in [1.165, 1.54) is 30.3 Å². The summed E-state index contributed by atoms with van der Waals surface area (Å²) in [5.41, 5.74) is 1.55. The third kappa shape index (κ3) is 6.53. The van der Waals surface area contributed by atoms with Gasteiger partial charge in [-0.15, -0.1) is 0 Å². The maximum atomic E-state index is 13.4. The van der Waals surface area contributed by atoms with Crippen molar-refractivity contribution in [3.05, 3.63) is 81.4 Å². The summed E-state index contributed by atoms with van der Waals surface area (Å²) >= 11 is 0. The second-order valence-corrected chi connectivity index (χ2v) is 12.9. The molecule has 0 bridgehead atoms. The lowest BCUT2D eigenvalue weighted by molar-refractivity contribution is -0.142. The summed E-state index contributed by atoms with van der Waals surface area (Å²) in [7, 11) is -2.18. The molecule has 236 valence electrons. The molecule has 0 saturated heterocycles. The zero-order valence-corrected chi connectivity index (χ0v) is 24.5. The Morgan fingerprint density at radius 1 is 0.886 bits per heavy atom. The quantitative estimate of drug-likeness (QED) is 0.368. The van der Waals surface area contributed by atoms with Crippen LogP contribution in [0, 0.1) is 0 Å². The number of ether oxygens (including phenoxy) is 1. The molecule has 0 radical (unpaired) electrons. The first-order chi connectivity index (χ1) is 20.6. The average Bonchev–Trinajstić information content (AvgIpc) is 3.56. The lowest BCUT2D eigenvalue weighted by Crippen LogP contribution is -2.28. The van der Waals surface area contributed by atoms with E-state index >= 15 is 0 Å². The summed E-state index contributed by atoms with van der Waals surface area (Å²) in [4.78, 5) is 21.6. The third-order valence-corrected chi connectivity index (χ3v) is 8.99. The third-order valence-electron chi connectivity index (χ3n) is 7.89. The summed E-state index contributed by atoms with van der Waals surface area (Å²) in [6.07, 6.45) is -2.71. The van der Waals surface area contributed by atoms with Gasteiger partial charge in [-0.2, -0.15) is 26.3 Å². The molecule has 1 aromatic carbocycles. The number of sulfone groups is 1. The van der Waals surface area contributed by atoms with Crippen LogP contribution < -0.4 is 10.1 Å². The van der Waals surface area contributed by atoms with Gasteiger partial charge in [-0.3, -0.25) is 14.8 Å². The van der Waals surface area contributed by atoms with Gasteiger partial charge in [0.25, 0.3) is 5.91 Å². The van der Waals surface area contributed by atoms with Crippen LogP contribution in [0.2, 0.25) is 0 Å². The number of halogens is 6. The fourth-order valence-corrected chi connectivity index (χ4v) is 6.02. The predicted molar refractivity (Wildman–Crippen MR) is 145 cm³/mol. The molecule has 2 aliphatic heterocycles. The summed E-state index contributed by atoms with van der Waals surface area (Å²) in [6.45, 7) is 1.21. The minimum Gasteiger partial charge on any atom is -0.496 e. The van der Waals surface area contributed by atoms with Crippen LogP contribution in [0.5, 0.6) is 5.75 Å². The van der Waals surface area contributed by atoms with Crippen molar-refractivity contribution >= 4 is 15.7 Å². The molecule has 4 heterocycles. The highest BCUT2D eigenvalue weighted by atomic mass is 32.2. The number of methoxy groups -OCH3 is 1. The number of nitrogens with zero attached hydrogens (tertiary/aromatic N) is 3. The lowest BCUT2D eigenvalue weighted by Gasteiger charge is -2.30. The lowest BCUT2D eigenvalue weighted by atomic mass is 9.77. The smallest absolute Gasteiger partial charge is 0.433 e. The van der Waals surface area contributed by atoms with E-state index in [9.17, 15) is 39.6 Å². The summed E-state index contributed by atoms with van der Waals surface area (Å²) in [5, 5.41) is 2.96. The molecule has 6 rings (SSSR count). The fraction of sp³-hybridized carbons (Fsp3) is 0.414. The van der Waals surface area contributed by atoms with E-state index in [4.69, 9.17) is 4.74 Å². The Kier molecular flexibility index (Phi) is 8.39. The first-order valence-corrected chi connectivity index (χ1v) is 15.5. The minimum atomic E-state index is -4.57. The Labute approximate surface area is 249 Å². The van der Waals surface area contributed by atoms with Crippen molar-refractivity contribution in [2.75, 3.05) is 13.4 Å². The highest BCUT2D eigenvalue weighted by molar-refractivity contribution is 7.90. The van der Waals surface area contributed by atoms with Crippen molar-refractivity contribution in [2.45, 2.75) is 68.6 Å². The van der Waals surface area contributed by atoms with Crippen molar-refractivity contribution < 1.29 is 44.3 Å². The zero-order valence-electron chi connectivity index (χ0n) is 23.6. The van der Waals surface area contributed by atoms with Crippen LogP contribution >= 0.6 is 0 Å². The SMILES string of the molecule is COc1cc(S(C)(=O)=O)cc(C(=O)N2Cc3cnc(C(F)(F)F)cc3C2)c1C1CCC1.FC(F)(F)c1cc2c(cn1)CNC2. The van der Waals surface area contributed by atoms with Gasteiger partial charge in [-0.1, -0.05) is 6.42 Å². The van der Waals surface area contributed by atoms with Crippen LogP contribution in [0.3, 0.4) is 0 Å². The van der Waals surface area contributed by atoms with Crippen LogP contribution in [0.15, 0.2) is 41.6 Å². The van der Waals surface area contributed by atoms with Gasteiger partial charge in [0.2, 0.25) is 0 Å². The molecule has 1 saturated carbocycles. The minimum absolute atomic E-state index is 0.00467. The predicted octanol–water partition coefficient (Wildman–Crippen LogP) is 5.64. The highest BCUT2D eigenvalue weighted by Crippen LogP contribution is 2.44. The highest BCUT2D eigenvalue weighted by Gasteiger charge is 2.37. The van der Waals surface area contributed by atoms with Crippen LogP contribution in [0.4, 0.5) is 26.3 Å². The summed E-state index contributed by atoms with van der Waals surface area (Å²) in [5.74, 6) is -0.0184. The number of fused-ring (bicyclic) bond motifs is 2. The molecule has 8 nitrogen and oxygen atoms in total. The topological polar surface area (TPSA) is 101 Å². The number of pyridine rings is 2. The number of nitrogens with one attached hydrogen (secondary N) is 1. The van der Waals surface area contributed by atoms with Gasteiger partial charge in [-0.05, 0) is 65.3 Å². The molecule has 1 fully saturated rings. The number of alkyl halides is 6. The molecule has 3 aliphatic rings. The second kappa shape index (κ2) is 11.7. The molecule has 0 atom stereocenters. The molecule has 1 aliphatic carbocycles. The van der Waals surface area contributed by atoms with Crippen LogP contribution in [-0.4, -0.2) is 42.6 Å². The van der Waals surface area contributed by atoms with E-state index in [-0.39, 0.29) is 29.5 Å². The number of carbonyl (C=O) groups is 1. The first-order valence-electron chi connectivity index (χ1n) is 13.6. The number of rotatable bonds is 4. The number of hydrogen-bond acceptors (Lipinski definition) is 7. The maximum absolute atomic E-state index is 13.4. The molecule has 2 aromatic heterocycles. The Balaban J connectivity index is 0.000000245. The molecule has 1 amide bonds. The van der Waals surface area contributed by atoms with Gasteiger partial charge in [0.1, 0.15) is 17.1 Å². The summed E-state index contributed by atoms with van der Waals surface area (Å²) in [6, 6.07) is 4.85. The van der Waals surface area contributed by atoms with E-state index in [0.717, 1.165) is 49.4 Å². The second-order valence-electron chi connectivity index (χ2n) is 10.9. The van der Waals surface area contributed by atoms with Crippen molar-refractivity contribution in [1.29, 1.82) is 0 Å². The molecular weight excluding hydrogens is 614 g/mol. The first kappa shape index (κ1) is 31.7. The average molecular weight is 643 g/mol. The number of aromatic nitrogens is 2. The van der Waals surface area contributed by atoms with Gasteiger partial charge < -0.3 is 15.0 Å². The number of hydrogen-bond donors (Lipinski definition) is 1. The normalized spacial score (nSPS) is 16.5. The van der Waals surface area contributed by atoms with Gasteiger partial charge in [-0.25, -0.2) is 8.42 Å². The molecule has 15 heteroatoms. The molecule has 0 unspecified atom stereocenters. The molecule has 44 heavy (non-hydrogen) atoms. The number of benzene rings is 1. The van der Waals surface area contributed by atoms with Crippen LogP contribution in [-0.2, 0) is 48.4 Å². The number of amides is 1. The molecular formula is C29H28F6N4O4S. The van der Waals surface area contributed by atoms with Gasteiger partial charge in [0.15, 0.2) is 9.84 Å². The fourth-order valence-electron chi connectivity index (χ4n) is 5.37. The Bertz CT molecular complexity index is 1710. The van der Waals surface area contributed by atoms with Crippen molar-refractivity contribution in [1.82, 2.24) is 20.2 Å². The van der Waals surface area contributed by atoms with Crippen molar-refractivity contribution in [3.63, 3.8) is 0 Å². The van der Waals surface area contributed by atoms with E-state index in [1.807, 2.05) is 0 Å². The van der Waals surface area contributed by atoms with Gasteiger partial charge in [0, 0.05) is 56.0 Å². The molecule has 3 aromatic rings. The molecule has 1 N–H and O–H groups in total. The van der Waals surface area contributed by atoms with E-state index in [0.29, 0.717) is 41.1 Å². The number of carbonyl (C=O) groups excluding carboxylic acids is 1. The maximum Gasteiger partial charge on any atom is 0.433 e. The van der Waals surface area contributed by atoms with E-state index in [1.54, 1.807) is 0 Å². The van der Waals surface area contributed by atoms with Gasteiger partial charge in [0.05, 0.1) is 12.0 Å². The Morgan fingerprint density at radius 2 is 1.45 bits per heavy atom. The van der Waals surface area contributed by atoms with Crippen LogP contribution in [0.1, 0.15) is 74.7 Å². The largest absolute Gasteiger partial charge is 0.496 e. The summed E-state index contributed by atoms with van der Waals surface area (Å²) < 4.78 is 105. The van der Waals surface area contributed by atoms with E-state index < -0.39 is 39.5 Å². The standard InChI is InChI=1S/C21H21F3N2O4S.C8H7F3N2/c1-30-17-8-15(31(2,28)29)7-16(19(17)12-4-3-5-12)20(27)26-10-13-6-18(21(22,23)24)25-9-14(13)11-26;9-8(10,11)7-1-5-2-12-3-6(5)4-13-7/h6-9,12H,3-5,10-11H2,1-2H3;1,4,12H,2-3H2.